The van der Waals surface area contributed by atoms with Gasteiger partial charge in [0, 0.05) is 6.04 Å². The Morgan fingerprint density at radius 2 is 1.95 bits per heavy atom. The van der Waals surface area contributed by atoms with Crippen molar-refractivity contribution in [1.29, 1.82) is 0 Å². The summed E-state index contributed by atoms with van der Waals surface area (Å²) in [5, 5.41) is 3.31. The lowest BCUT2D eigenvalue weighted by Gasteiger charge is -2.38. The van der Waals surface area contributed by atoms with Gasteiger partial charge in [0.2, 0.25) is 5.91 Å². The van der Waals surface area contributed by atoms with Crippen LogP contribution in [0.2, 0.25) is 0 Å². The summed E-state index contributed by atoms with van der Waals surface area (Å²) >= 11 is 0. The van der Waals surface area contributed by atoms with Gasteiger partial charge >= 0.3 is 0 Å². The quantitative estimate of drug-likeness (QED) is 0.927. The summed E-state index contributed by atoms with van der Waals surface area (Å²) < 4.78 is 5.47. The SMILES string of the molecule is CCOc1ccc(C2NCC(=O)N2C(C)C(C)(C)C)cc1. The van der Waals surface area contributed by atoms with E-state index in [2.05, 4.69) is 33.0 Å². The van der Waals surface area contributed by atoms with Crippen molar-refractivity contribution in [2.75, 3.05) is 13.2 Å². The van der Waals surface area contributed by atoms with Crippen LogP contribution in [0, 0.1) is 5.41 Å². The Morgan fingerprint density at radius 3 is 2.48 bits per heavy atom. The van der Waals surface area contributed by atoms with Gasteiger partial charge in [0.15, 0.2) is 0 Å². The molecule has 2 atom stereocenters. The van der Waals surface area contributed by atoms with E-state index in [0.717, 1.165) is 11.3 Å². The second kappa shape index (κ2) is 6.06. The maximum Gasteiger partial charge on any atom is 0.238 e. The highest BCUT2D eigenvalue weighted by atomic mass is 16.5. The van der Waals surface area contributed by atoms with Crippen molar-refractivity contribution in [1.82, 2.24) is 10.2 Å². The second-order valence-corrected chi connectivity index (χ2v) is 6.63. The molecular formula is C17H26N2O2. The van der Waals surface area contributed by atoms with Crippen molar-refractivity contribution in [2.45, 2.75) is 46.8 Å². The Bertz CT molecular complexity index is 491. The molecule has 0 bridgehead atoms. The van der Waals surface area contributed by atoms with Crippen LogP contribution in [-0.2, 0) is 4.79 Å². The van der Waals surface area contributed by atoms with Crippen LogP contribution in [0.3, 0.4) is 0 Å². The van der Waals surface area contributed by atoms with Crippen LogP contribution in [0.25, 0.3) is 0 Å². The Balaban J connectivity index is 2.23. The first kappa shape index (κ1) is 15.8. The van der Waals surface area contributed by atoms with Crippen molar-refractivity contribution in [3.63, 3.8) is 0 Å². The Kier molecular flexibility index (Phi) is 4.57. The number of rotatable bonds is 4. The van der Waals surface area contributed by atoms with Crippen LogP contribution in [0.15, 0.2) is 24.3 Å². The van der Waals surface area contributed by atoms with Gasteiger partial charge in [0.1, 0.15) is 11.9 Å². The van der Waals surface area contributed by atoms with Crippen molar-refractivity contribution in [3.05, 3.63) is 29.8 Å². The Hall–Kier alpha value is -1.55. The number of carbonyl (C=O) groups excluding carboxylic acids is 1. The minimum atomic E-state index is -0.0533. The molecule has 1 heterocycles. The van der Waals surface area contributed by atoms with Crippen molar-refractivity contribution in [2.24, 2.45) is 5.41 Å². The molecule has 2 rings (SSSR count). The minimum absolute atomic E-state index is 0.0468. The number of benzene rings is 1. The molecule has 0 spiro atoms. The van der Waals surface area contributed by atoms with Gasteiger partial charge < -0.3 is 9.64 Å². The van der Waals surface area contributed by atoms with Gasteiger partial charge in [-0.05, 0) is 37.0 Å². The molecule has 2 unspecified atom stereocenters. The second-order valence-electron chi connectivity index (χ2n) is 6.63. The summed E-state index contributed by atoms with van der Waals surface area (Å²) in [7, 11) is 0. The molecule has 1 aromatic rings. The molecule has 4 nitrogen and oxygen atoms in total. The lowest BCUT2D eigenvalue weighted by molar-refractivity contribution is -0.132. The molecule has 0 aliphatic carbocycles. The van der Waals surface area contributed by atoms with E-state index in [1.54, 1.807) is 0 Å². The van der Waals surface area contributed by atoms with Crippen molar-refractivity contribution >= 4 is 5.91 Å². The van der Waals surface area contributed by atoms with Crippen molar-refractivity contribution in [3.8, 4) is 5.75 Å². The van der Waals surface area contributed by atoms with Gasteiger partial charge in [-0.3, -0.25) is 10.1 Å². The van der Waals surface area contributed by atoms with Crippen LogP contribution >= 0.6 is 0 Å². The maximum absolute atomic E-state index is 12.3. The number of nitrogens with one attached hydrogen (secondary N) is 1. The van der Waals surface area contributed by atoms with E-state index in [4.69, 9.17) is 4.74 Å². The number of ether oxygens (including phenoxy) is 1. The largest absolute Gasteiger partial charge is 0.494 e. The van der Waals surface area contributed by atoms with Gasteiger partial charge in [0.25, 0.3) is 0 Å². The summed E-state index contributed by atoms with van der Waals surface area (Å²) in [6.07, 6.45) is -0.0533. The Morgan fingerprint density at radius 1 is 1.33 bits per heavy atom. The molecule has 0 aromatic heterocycles. The molecule has 1 aromatic carbocycles. The Labute approximate surface area is 127 Å². The monoisotopic (exact) mass is 290 g/mol. The van der Waals surface area contributed by atoms with E-state index in [9.17, 15) is 4.79 Å². The average molecular weight is 290 g/mol. The normalized spacial score (nSPS) is 20.7. The molecule has 116 valence electrons. The molecule has 21 heavy (non-hydrogen) atoms. The van der Waals surface area contributed by atoms with Gasteiger partial charge in [0.05, 0.1) is 13.2 Å². The third-order valence-corrected chi connectivity index (χ3v) is 4.19. The van der Waals surface area contributed by atoms with Crippen LogP contribution in [0.4, 0.5) is 0 Å². The van der Waals surface area contributed by atoms with E-state index in [1.165, 1.54) is 0 Å². The summed E-state index contributed by atoms with van der Waals surface area (Å²) in [6.45, 7) is 11.6. The third kappa shape index (κ3) is 3.38. The molecule has 0 radical (unpaired) electrons. The average Bonchev–Trinajstić information content (AvgIpc) is 2.80. The van der Waals surface area contributed by atoms with Gasteiger partial charge in [-0.15, -0.1) is 0 Å². The predicted molar refractivity (Wildman–Crippen MR) is 84.1 cm³/mol. The number of nitrogens with zero attached hydrogens (tertiary/aromatic N) is 1. The van der Waals surface area contributed by atoms with Crippen molar-refractivity contribution < 1.29 is 9.53 Å². The topological polar surface area (TPSA) is 41.6 Å². The number of amides is 1. The zero-order valence-corrected chi connectivity index (χ0v) is 13.6. The fourth-order valence-corrected chi connectivity index (χ4v) is 2.57. The molecule has 1 aliphatic heterocycles. The number of hydrogen-bond acceptors (Lipinski definition) is 3. The van der Waals surface area contributed by atoms with Gasteiger partial charge in [-0.1, -0.05) is 32.9 Å². The van der Waals surface area contributed by atoms with Gasteiger partial charge in [-0.2, -0.15) is 0 Å². The fourth-order valence-electron chi connectivity index (χ4n) is 2.57. The maximum atomic E-state index is 12.3. The fraction of sp³-hybridized carbons (Fsp3) is 0.588. The molecule has 1 saturated heterocycles. The van der Waals surface area contributed by atoms with E-state index < -0.39 is 0 Å². The van der Waals surface area contributed by atoms with Crippen LogP contribution in [0.1, 0.15) is 46.3 Å². The molecule has 1 N–H and O–H groups in total. The smallest absolute Gasteiger partial charge is 0.238 e. The zero-order chi connectivity index (χ0) is 15.6. The lowest BCUT2D eigenvalue weighted by atomic mass is 9.86. The first-order valence-corrected chi connectivity index (χ1v) is 7.62. The summed E-state index contributed by atoms with van der Waals surface area (Å²) in [6, 6.07) is 8.15. The molecular weight excluding hydrogens is 264 g/mol. The molecule has 1 aliphatic rings. The highest BCUT2D eigenvalue weighted by molar-refractivity contribution is 5.81. The number of hydrogen-bond donors (Lipinski definition) is 1. The first-order valence-electron chi connectivity index (χ1n) is 7.62. The van der Waals surface area contributed by atoms with E-state index in [0.29, 0.717) is 13.2 Å². The number of carbonyl (C=O) groups is 1. The predicted octanol–water partition coefficient (Wildman–Crippen LogP) is 2.95. The van der Waals surface area contributed by atoms with Gasteiger partial charge in [-0.25, -0.2) is 0 Å². The summed E-state index contributed by atoms with van der Waals surface area (Å²) in [4.78, 5) is 14.2. The summed E-state index contributed by atoms with van der Waals surface area (Å²) in [5.74, 6) is 1.03. The van der Waals surface area contributed by atoms with E-state index in [1.807, 2.05) is 36.1 Å². The van der Waals surface area contributed by atoms with Crippen LogP contribution < -0.4 is 10.1 Å². The van der Waals surface area contributed by atoms with E-state index >= 15 is 0 Å². The molecule has 1 amide bonds. The third-order valence-electron chi connectivity index (χ3n) is 4.19. The first-order chi connectivity index (χ1) is 9.84. The molecule has 4 heteroatoms. The zero-order valence-electron chi connectivity index (χ0n) is 13.6. The van der Waals surface area contributed by atoms with E-state index in [-0.39, 0.29) is 23.5 Å². The summed E-state index contributed by atoms with van der Waals surface area (Å²) in [5.41, 5.74) is 1.14. The molecule has 0 saturated carbocycles. The van der Waals surface area contributed by atoms with Crippen LogP contribution in [-0.4, -0.2) is 30.0 Å². The highest BCUT2D eigenvalue weighted by Gasteiger charge is 2.39. The highest BCUT2D eigenvalue weighted by Crippen LogP contribution is 2.33. The van der Waals surface area contributed by atoms with Crippen LogP contribution in [0.5, 0.6) is 5.75 Å². The lowest BCUT2D eigenvalue weighted by Crippen LogP contribution is -2.45. The molecule has 1 fully saturated rings. The standard InChI is InChI=1S/C17H26N2O2/c1-6-21-14-9-7-13(8-10-14)16-18-11-15(20)19(16)12(2)17(3,4)5/h7-10,12,16,18H,6,11H2,1-5H3. The minimum Gasteiger partial charge on any atom is -0.494 e.